The van der Waals surface area contributed by atoms with Gasteiger partial charge in [-0.2, -0.15) is 0 Å². The smallest absolute Gasteiger partial charge is 0.317 e. The van der Waals surface area contributed by atoms with Crippen molar-refractivity contribution in [3.8, 4) is 0 Å². The molecule has 0 aromatic carbocycles. The van der Waals surface area contributed by atoms with Crippen LogP contribution in [0.2, 0.25) is 0 Å². The van der Waals surface area contributed by atoms with Gasteiger partial charge < -0.3 is 15.1 Å². The first-order chi connectivity index (χ1) is 10.1. The first kappa shape index (κ1) is 15.8. The largest absolute Gasteiger partial charge is 0.349 e. The molecule has 1 atom stereocenters. The molecule has 0 radical (unpaired) electrons. The number of hydrogen-bond acceptors (Lipinski definition) is 3. The molecule has 0 spiro atoms. The van der Waals surface area contributed by atoms with Crippen LogP contribution in [0.25, 0.3) is 0 Å². The van der Waals surface area contributed by atoms with Crippen LogP contribution in [0.3, 0.4) is 0 Å². The Morgan fingerprint density at radius 1 is 1.48 bits per heavy atom. The van der Waals surface area contributed by atoms with E-state index < -0.39 is 0 Å². The summed E-state index contributed by atoms with van der Waals surface area (Å²) in [5.41, 5.74) is 0. The van der Waals surface area contributed by atoms with Crippen molar-refractivity contribution >= 4 is 23.3 Å². The van der Waals surface area contributed by atoms with Gasteiger partial charge in [0.1, 0.15) is 0 Å². The van der Waals surface area contributed by atoms with Crippen molar-refractivity contribution in [2.45, 2.75) is 19.3 Å². The van der Waals surface area contributed by atoms with Crippen molar-refractivity contribution in [3.05, 3.63) is 22.4 Å². The predicted molar refractivity (Wildman–Crippen MR) is 84.4 cm³/mol. The lowest BCUT2D eigenvalue weighted by Crippen LogP contribution is -2.49. The average molecular weight is 309 g/mol. The maximum Gasteiger partial charge on any atom is 0.317 e. The second kappa shape index (κ2) is 7.45. The molecule has 5 nitrogen and oxygen atoms in total. The molecule has 1 aliphatic rings. The maximum atomic E-state index is 12.2. The van der Waals surface area contributed by atoms with Crippen LogP contribution in [-0.4, -0.2) is 55.5 Å². The molecule has 2 rings (SSSR count). The van der Waals surface area contributed by atoms with Gasteiger partial charge in [0, 0.05) is 38.6 Å². The maximum absolute atomic E-state index is 12.2. The van der Waals surface area contributed by atoms with Crippen molar-refractivity contribution in [2.75, 3.05) is 33.7 Å². The molecule has 0 bridgehead atoms. The van der Waals surface area contributed by atoms with Crippen LogP contribution < -0.4 is 5.32 Å². The van der Waals surface area contributed by atoms with Gasteiger partial charge in [0.25, 0.3) is 0 Å². The molecule has 1 N–H and O–H groups in total. The summed E-state index contributed by atoms with van der Waals surface area (Å²) >= 11 is 1.70. The number of piperidine rings is 1. The zero-order chi connectivity index (χ0) is 15.2. The minimum absolute atomic E-state index is 0.0530. The van der Waals surface area contributed by atoms with Crippen LogP contribution in [0.15, 0.2) is 17.5 Å². The van der Waals surface area contributed by atoms with Crippen molar-refractivity contribution < 1.29 is 9.59 Å². The molecule has 21 heavy (non-hydrogen) atoms. The normalized spacial score (nSPS) is 18.4. The number of nitrogens with one attached hydrogen (secondary N) is 1. The molecule has 0 saturated carbocycles. The molecular weight excluding hydrogens is 286 g/mol. The summed E-state index contributed by atoms with van der Waals surface area (Å²) in [6, 6.07) is 4.04. The van der Waals surface area contributed by atoms with E-state index in [-0.39, 0.29) is 17.9 Å². The third-order valence-electron chi connectivity index (χ3n) is 3.73. The molecule has 1 aromatic rings. The Kier molecular flexibility index (Phi) is 5.61. The van der Waals surface area contributed by atoms with Gasteiger partial charge in [0.15, 0.2) is 0 Å². The molecule has 0 unspecified atom stereocenters. The summed E-state index contributed by atoms with van der Waals surface area (Å²) in [4.78, 5) is 28.8. The summed E-state index contributed by atoms with van der Waals surface area (Å²) in [6.45, 7) is 1.91. The Bertz CT molecular complexity index is 473. The van der Waals surface area contributed by atoms with Crippen LogP contribution in [0.5, 0.6) is 0 Å². The fourth-order valence-corrected chi connectivity index (χ4v) is 3.30. The summed E-state index contributed by atoms with van der Waals surface area (Å²) in [7, 11) is 3.53. The second-order valence-electron chi connectivity index (χ2n) is 5.58. The highest BCUT2D eigenvalue weighted by atomic mass is 32.1. The van der Waals surface area contributed by atoms with Crippen molar-refractivity contribution in [2.24, 2.45) is 5.92 Å². The van der Waals surface area contributed by atoms with E-state index in [2.05, 4.69) is 11.4 Å². The molecule has 1 aliphatic heterocycles. The van der Waals surface area contributed by atoms with Gasteiger partial charge in [-0.3, -0.25) is 4.79 Å². The molecule has 3 amide bonds. The summed E-state index contributed by atoms with van der Waals surface area (Å²) in [5, 5.41) is 4.99. The minimum Gasteiger partial charge on any atom is -0.349 e. The Balaban J connectivity index is 1.77. The lowest BCUT2D eigenvalue weighted by Gasteiger charge is -2.33. The van der Waals surface area contributed by atoms with Crippen molar-refractivity contribution in [1.82, 2.24) is 15.1 Å². The van der Waals surface area contributed by atoms with Crippen LogP contribution >= 0.6 is 11.3 Å². The topological polar surface area (TPSA) is 52.7 Å². The Morgan fingerprint density at radius 3 is 2.95 bits per heavy atom. The van der Waals surface area contributed by atoms with E-state index in [4.69, 9.17) is 0 Å². The lowest BCUT2D eigenvalue weighted by atomic mass is 9.97. The van der Waals surface area contributed by atoms with Gasteiger partial charge in [-0.25, -0.2) is 4.79 Å². The zero-order valence-electron chi connectivity index (χ0n) is 12.7. The molecule has 116 valence electrons. The standard InChI is InChI=1S/C15H23N3O2S/c1-17(2)14(19)12-5-3-9-18(11-12)15(20)16-8-7-13-6-4-10-21-13/h4,6,10,12H,3,5,7-9,11H2,1-2H3,(H,16,20)/t12-/m1/s1. The van der Waals surface area contributed by atoms with Crippen molar-refractivity contribution in [1.29, 1.82) is 0 Å². The Hall–Kier alpha value is -1.56. The van der Waals surface area contributed by atoms with Gasteiger partial charge >= 0.3 is 6.03 Å². The van der Waals surface area contributed by atoms with Gasteiger partial charge in [-0.15, -0.1) is 11.3 Å². The van der Waals surface area contributed by atoms with Gasteiger partial charge in [-0.05, 0) is 30.7 Å². The van der Waals surface area contributed by atoms with E-state index in [0.717, 1.165) is 25.8 Å². The molecular formula is C15H23N3O2S. The fourth-order valence-electron chi connectivity index (χ4n) is 2.59. The SMILES string of the molecule is CN(C)C(=O)[C@@H]1CCCN(C(=O)NCCc2cccs2)C1. The number of rotatable bonds is 4. The minimum atomic E-state index is -0.0585. The predicted octanol–water partition coefficient (Wildman–Crippen LogP) is 1.80. The van der Waals surface area contributed by atoms with Gasteiger partial charge in [0.2, 0.25) is 5.91 Å². The van der Waals surface area contributed by atoms with Crippen LogP contribution in [0, 0.1) is 5.92 Å². The molecule has 0 aliphatic carbocycles. The molecule has 1 aromatic heterocycles. The summed E-state index contributed by atoms with van der Waals surface area (Å²) < 4.78 is 0. The second-order valence-corrected chi connectivity index (χ2v) is 6.61. The number of hydrogen-bond donors (Lipinski definition) is 1. The number of thiophene rings is 1. The Morgan fingerprint density at radius 2 is 2.29 bits per heavy atom. The number of carbonyl (C=O) groups is 2. The third kappa shape index (κ3) is 4.46. The highest BCUT2D eigenvalue weighted by molar-refractivity contribution is 7.09. The van der Waals surface area contributed by atoms with E-state index in [1.165, 1.54) is 4.88 Å². The van der Waals surface area contributed by atoms with Gasteiger partial charge in [-0.1, -0.05) is 6.07 Å². The number of carbonyl (C=O) groups excluding carboxylic acids is 2. The monoisotopic (exact) mass is 309 g/mol. The van der Waals surface area contributed by atoms with Crippen LogP contribution in [0.4, 0.5) is 4.79 Å². The van der Waals surface area contributed by atoms with Gasteiger partial charge in [0.05, 0.1) is 5.92 Å². The number of likely N-dealkylation sites (tertiary alicyclic amines) is 1. The van der Waals surface area contributed by atoms with E-state index in [1.807, 2.05) is 11.4 Å². The molecule has 1 saturated heterocycles. The Labute approximate surface area is 129 Å². The van der Waals surface area contributed by atoms with E-state index in [0.29, 0.717) is 13.1 Å². The van der Waals surface area contributed by atoms with E-state index in [1.54, 1.807) is 35.2 Å². The third-order valence-corrected chi connectivity index (χ3v) is 4.66. The molecule has 2 heterocycles. The van der Waals surface area contributed by atoms with Crippen molar-refractivity contribution in [3.63, 3.8) is 0 Å². The van der Waals surface area contributed by atoms with Crippen LogP contribution in [-0.2, 0) is 11.2 Å². The highest BCUT2D eigenvalue weighted by Crippen LogP contribution is 2.18. The van der Waals surface area contributed by atoms with E-state index >= 15 is 0 Å². The first-order valence-electron chi connectivity index (χ1n) is 7.34. The summed E-state index contributed by atoms with van der Waals surface area (Å²) in [6.07, 6.45) is 2.62. The van der Waals surface area contributed by atoms with E-state index in [9.17, 15) is 9.59 Å². The first-order valence-corrected chi connectivity index (χ1v) is 8.22. The highest BCUT2D eigenvalue weighted by Gasteiger charge is 2.29. The molecule has 6 heteroatoms. The molecule has 1 fully saturated rings. The lowest BCUT2D eigenvalue weighted by molar-refractivity contribution is -0.134. The van der Waals surface area contributed by atoms with Crippen LogP contribution in [0.1, 0.15) is 17.7 Å². The quantitative estimate of drug-likeness (QED) is 0.922. The number of nitrogens with zero attached hydrogens (tertiary/aromatic N) is 2. The average Bonchev–Trinajstić information content (AvgIpc) is 2.99. The summed E-state index contributed by atoms with van der Waals surface area (Å²) in [5.74, 6) is 0.0582. The number of urea groups is 1. The zero-order valence-corrected chi connectivity index (χ0v) is 13.5. The fraction of sp³-hybridized carbons (Fsp3) is 0.600. The number of amides is 3.